The molecule has 4 heteroatoms. The Kier molecular flexibility index (Phi) is 4.73. The lowest BCUT2D eigenvalue weighted by Gasteiger charge is -2.09. The lowest BCUT2D eigenvalue weighted by molar-refractivity contribution is 0.408. The molecule has 0 saturated carbocycles. The van der Waals surface area contributed by atoms with E-state index in [1.54, 1.807) is 13.2 Å². The van der Waals surface area contributed by atoms with Crippen molar-refractivity contribution in [3.8, 4) is 5.75 Å². The van der Waals surface area contributed by atoms with Crippen molar-refractivity contribution in [2.45, 2.75) is 6.54 Å². The first-order valence-corrected chi connectivity index (χ1v) is 4.89. The summed E-state index contributed by atoms with van der Waals surface area (Å²) >= 11 is 5.84. The molecule has 0 aliphatic carbocycles. The van der Waals surface area contributed by atoms with E-state index in [9.17, 15) is 0 Å². The number of hydrogen-bond donors (Lipinski definition) is 2. The van der Waals surface area contributed by atoms with Gasteiger partial charge < -0.3 is 15.8 Å². The molecule has 0 unspecified atom stereocenters. The van der Waals surface area contributed by atoms with Crippen LogP contribution in [0.3, 0.4) is 0 Å². The fraction of sp³-hybridized carbons (Fsp3) is 0.400. The molecule has 0 bridgehead atoms. The molecule has 0 spiro atoms. The van der Waals surface area contributed by atoms with Crippen LogP contribution in [0.4, 0.5) is 0 Å². The molecule has 0 fully saturated rings. The van der Waals surface area contributed by atoms with Gasteiger partial charge in [0.25, 0.3) is 0 Å². The van der Waals surface area contributed by atoms with Gasteiger partial charge >= 0.3 is 0 Å². The predicted octanol–water partition coefficient (Wildman–Crippen LogP) is 1.40. The second-order valence-electron chi connectivity index (χ2n) is 2.92. The summed E-state index contributed by atoms with van der Waals surface area (Å²) in [5.74, 6) is 0.807. The molecule has 1 aromatic rings. The average molecular weight is 215 g/mol. The number of rotatable bonds is 5. The summed E-state index contributed by atoms with van der Waals surface area (Å²) in [5, 5.41) is 3.88. The van der Waals surface area contributed by atoms with Crippen LogP contribution < -0.4 is 15.8 Å². The smallest absolute Gasteiger partial charge is 0.124 e. The maximum atomic E-state index is 5.84. The van der Waals surface area contributed by atoms with Crippen molar-refractivity contribution in [3.63, 3.8) is 0 Å². The number of hydrogen-bond acceptors (Lipinski definition) is 3. The van der Waals surface area contributed by atoms with Crippen LogP contribution in [0, 0.1) is 0 Å². The number of benzene rings is 1. The third-order valence-corrected chi connectivity index (χ3v) is 2.12. The quantitative estimate of drug-likeness (QED) is 0.729. The van der Waals surface area contributed by atoms with Crippen molar-refractivity contribution in [1.82, 2.24) is 5.32 Å². The van der Waals surface area contributed by atoms with Crippen molar-refractivity contribution >= 4 is 11.6 Å². The van der Waals surface area contributed by atoms with Gasteiger partial charge in [-0.3, -0.25) is 0 Å². The molecule has 1 rings (SSSR count). The van der Waals surface area contributed by atoms with E-state index >= 15 is 0 Å². The van der Waals surface area contributed by atoms with E-state index in [1.165, 1.54) is 0 Å². The van der Waals surface area contributed by atoms with E-state index in [1.807, 2.05) is 12.1 Å². The molecule has 1 aromatic carbocycles. The Morgan fingerprint density at radius 1 is 1.50 bits per heavy atom. The minimum absolute atomic E-state index is 0.635. The van der Waals surface area contributed by atoms with Gasteiger partial charge in [0, 0.05) is 30.2 Å². The molecule has 0 aromatic heterocycles. The SMILES string of the molecule is COc1cc(Cl)ccc1CNCCN. The molecule has 0 amide bonds. The molecule has 14 heavy (non-hydrogen) atoms. The summed E-state index contributed by atoms with van der Waals surface area (Å²) in [6.07, 6.45) is 0. The van der Waals surface area contributed by atoms with E-state index in [-0.39, 0.29) is 0 Å². The largest absolute Gasteiger partial charge is 0.496 e. The van der Waals surface area contributed by atoms with Crippen molar-refractivity contribution in [3.05, 3.63) is 28.8 Å². The molecule has 0 aliphatic rings. The fourth-order valence-electron chi connectivity index (χ4n) is 1.19. The standard InChI is InChI=1S/C10H15ClN2O/c1-14-10-6-9(11)3-2-8(10)7-13-5-4-12/h2-3,6,13H,4-5,7,12H2,1H3. The van der Waals surface area contributed by atoms with Crippen LogP contribution in [-0.4, -0.2) is 20.2 Å². The van der Waals surface area contributed by atoms with Crippen LogP contribution in [0.5, 0.6) is 5.75 Å². The summed E-state index contributed by atoms with van der Waals surface area (Å²) < 4.78 is 5.20. The zero-order valence-corrected chi connectivity index (χ0v) is 8.97. The van der Waals surface area contributed by atoms with Crippen molar-refractivity contribution < 1.29 is 4.74 Å². The second kappa shape index (κ2) is 5.86. The van der Waals surface area contributed by atoms with Gasteiger partial charge in [0.2, 0.25) is 0 Å². The van der Waals surface area contributed by atoms with Crippen molar-refractivity contribution in [2.75, 3.05) is 20.2 Å². The zero-order valence-electron chi connectivity index (χ0n) is 8.22. The van der Waals surface area contributed by atoms with Crippen LogP contribution in [0.15, 0.2) is 18.2 Å². The van der Waals surface area contributed by atoms with Crippen LogP contribution in [0.25, 0.3) is 0 Å². The van der Waals surface area contributed by atoms with Crippen LogP contribution in [0.2, 0.25) is 5.02 Å². The summed E-state index contributed by atoms with van der Waals surface area (Å²) in [5.41, 5.74) is 6.46. The third kappa shape index (κ3) is 3.18. The number of halogens is 1. The van der Waals surface area contributed by atoms with Crippen LogP contribution in [-0.2, 0) is 6.54 Å². The molecule has 78 valence electrons. The number of methoxy groups -OCH3 is 1. The number of ether oxygens (including phenoxy) is 1. The topological polar surface area (TPSA) is 47.3 Å². The van der Waals surface area contributed by atoms with E-state index in [0.29, 0.717) is 11.6 Å². The average Bonchev–Trinajstić information content (AvgIpc) is 2.20. The summed E-state index contributed by atoms with van der Waals surface area (Å²) in [7, 11) is 1.64. The molecule has 3 nitrogen and oxygen atoms in total. The zero-order chi connectivity index (χ0) is 10.4. The summed E-state index contributed by atoms with van der Waals surface area (Å²) in [6.45, 7) is 2.18. The molecule has 0 atom stereocenters. The highest BCUT2D eigenvalue weighted by Gasteiger charge is 2.02. The first kappa shape index (κ1) is 11.3. The lowest BCUT2D eigenvalue weighted by Crippen LogP contribution is -2.22. The Balaban J connectivity index is 2.65. The number of nitrogens with two attached hydrogens (primary N) is 1. The lowest BCUT2D eigenvalue weighted by atomic mass is 10.2. The Morgan fingerprint density at radius 3 is 2.93 bits per heavy atom. The van der Waals surface area contributed by atoms with Gasteiger partial charge in [-0.1, -0.05) is 17.7 Å². The normalized spacial score (nSPS) is 10.2. The Hall–Kier alpha value is -0.770. The first-order chi connectivity index (χ1) is 6.77. The minimum atomic E-state index is 0.635. The highest BCUT2D eigenvalue weighted by atomic mass is 35.5. The van der Waals surface area contributed by atoms with Gasteiger partial charge in [-0.2, -0.15) is 0 Å². The monoisotopic (exact) mass is 214 g/mol. The van der Waals surface area contributed by atoms with Gasteiger partial charge in [0.15, 0.2) is 0 Å². The summed E-state index contributed by atoms with van der Waals surface area (Å²) in [4.78, 5) is 0. The first-order valence-electron chi connectivity index (χ1n) is 4.51. The molecule has 0 radical (unpaired) electrons. The summed E-state index contributed by atoms with van der Waals surface area (Å²) in [6, 6.07) is 5.61. The van der Waals surface area contributed by atoms with Crippen LogP contribution in [0.1, 0.15) is 5.56 Å². The van der Waals surface area contributed by atoms with Gasteiger partial charge in [0.1, 0.15) is 5.75 Å². The minimum Gasteiger partial charge on any atom is -0.496 e. The molecule has 3 N–H and O–H groups in total. The molecule has 0 saturated heterocycles. The predicted molar refractivity (Wildman–Crippen MR) is 58.8 cm³/mol. The van der Waals surface area contributed by atoms with Crippen molar-refractivity contribution in [1.29, 1.82) is 0 Å². The van der Waals surface area contributed by atoms with Crippen LogP contribution >= 0.6 is 11.6 Å². The van der Waals surface area contributed by atoms with Crippen molar-refractivity contribution in [2.24, 2.45) is 5.73 Å². The highest BCUT2D eigenvalue weighted by molar-refractivity contribution is 6.30. The van der Waals surface area contributed by atoms with E-state index in [0.717, 1.165) is 24.4 Å². The third-order valence-electron chi connectivity index (χ3n) is 1.89. The van der Waals surface area contributed by atoms with Gasteiger partial charge in [0.05, 0.1) is 7.11 Å². The highest BCUT2D eigenvalue weighted by Crippen LogP contribution is 2.22. The maximum Gasteiger partial charge on any atom is 0.124 e. The Labute approximate surface area is 89.2 Å². The van der Waals surface area contributed by atoms with Gasteiger partial charge in [-0.25, -0.2) is 0 Å². The fourth-order valence-corrected chi connectivity index (χ4v) is 1.35. The van der Waals surface area contributed by atoms with Gasteiger partial charge in [-0.05, 0) is 12.1 Å². The Bertz CT molecular complexity index is 291. The number of nitrogens with one attached hydrogen (secondary N) is 1. The Morgan fingerprint density at radius 2 is 2.29 bits per heavy atom. The maximum absolute atomic E-state index is 5.84. The van der Waals surface area contributed by atoms with Gasteiger partial charge in [-0.15, -0.1) is 0 Å². The van der Waals surface area contributed by atoms with E-state index in [2.05, 4.69) is 5.32 Å². The molecular weight excluding hydrogens is 200 g/mol. The molecular formula is C10H15ClN2O. The molecule has 0 aliphatic heterocycles. The van der Waals surface area contributed by atoms with E-state index in [4.69, 9.17) is 22.1 Å². The second-order valence-corrected chi connectivity index (χ2v) is 3.36. The van der Waals surface area contributed by atoms with E-state index < -0.39 is 0 Å². The molecule has 0 heterocycles.